The van der Waals surface area contributed by atoms with Crippen LogP contribution in [0.15, 0.2) is 35.4 Å². The van der Waals surface area contributed by atoms with Crippen LogP contribution < -0.4 is 5.32 Å². The molecule has 2 aromatic rings. The molecule has 31 heavy (non-hydrogen) atoms. The van der Waals surface area contributed by atoms with Gasteiger partial charge >= 0.3 is 0 Å². The molecule has 0 bridgehead atoms. The highest BCUT2D eigenvalue weighted by Gasteiger charge is 2.17. The SMILES string of the molecule is C[N+](C)=CC=C1SCCN1CCCCCCC(=O)Nc1ccccc1-n1[nH]nnc1=S. The van der Waals surface area contributed by atoms with E-state index in [1.54, 1.807) is 4.68 Å². The van der Waals surface area contributed by atoms with E-state index in [0.717, 1.165) is 50.2 Å². The number of tetrazole rings is 1. The van der Waals surface area contributed by atoms with Gasteiger partial charge in [0.25, 0.3) is 0 Å². The summed E-state index contributed by atoms with van der Waals surface area (Å²) in [6.45, 7) is 2.20. The topological polar surface area (TPSA) is 81.9 Å². The lowest BCUT2D eigenvalue weighted by molar-refractivity contribution is -0.458. The predicted molar refractivity (Wildman–Crippen MR) is 129 cm³/mol. The largest absolute Gasteiger partial charge is 0.365 e. The number of allylic oxidation sites excluding steroid dienone is 1. The maximum Gasteiger partial charge on any atom is 0.242 e. The number of H-pyrrole nitrogens is 1. The van der Waals surface area contributed by atoms with Gasteiger partial charge in [0, 0.05) is 31.3 Å². The van der Waals surface area contributed by atoms with Crippen molar-refractivity contribution in [2.24, 2.45) is 0 Å². The third-order valence-corrected chi connectivity index (χ3v) is 6.25. The summed E-state index contributed by atoms with van der Waals surface area (Å²) >= 11 is 7.08. The minimum Gasteiger partial charge on any atom is -0.365 e. The number of aromatic nitrogens is 4. The van der Waals surface area contributed by atoms with Crippen LogP contribution in [0.1, 0.15) is 32.1 Å². The lowest BCUT2D eigenvalue weighted by Gasteiger charge is -2.18. The van der Waals surface area contributed by atoms with Crippen LogP contribution in [0.4, 0.5) is 5.69 Å². The van der Waals surface area contributed by atoms with Crippen LogP contribution in [0.3, 0.4) is 0 Å². The van der Waals surface area contributed by atoms with Gasteiger partial charge in [-0.3, -0.25) is 4.79 Å². The Balaban J connectivity index is 1.38. The van der Waals surface area contributed by atoms with Crippen molar-refractivity contribution in [1.29, 1.82) is 0 Å². The van der Waals surface area contributed by atoms with E-state index in [0.29, 0.717) is 16.9 Å². The number of benzene rings is 1. The van der Waals surface area contributed by atoms with Crippen LogP contribution in [-0.4, -0.2) is 74.7 Å². The number of thioether (sulfide) groups is 1. The summed E-state index contributed by atoms with van der Waals surface area (Å²) < 4.78 is 3.95. The molecule has 10 heteroatoms. The van der Waals surface area contributed by atoms with Gasteiger partial charge < -0.3 is 10.2 Å². The molecule has 0 atom stereocenters. The Morgan fingerprint density at radius 1 is 1.29 bits per heavy atom. The second-order valence-electron chi connectivity index (χ2n) is 7.60. The Morgan fingerprint density at radius 3 is 2.87 bits per heavy atom. The summed E-state index contributed by atoms with van der Waals surface area (Å²) in [5.74, 6) is 1.17. The fourth-order valence-corrected chi connectivity index (χ4v) is 4.56. The van der Waals surface area contributed by atoms with Gasteiger partial charge in [-0.25, -0.2) is 9.26 Å². The summed E-state index contributed by atoms with van der Waals surface area (Å²) in [5.41, 5.74) is 1.42. The Bertz CT molecular complexity index is 991. The normalized spacial score (nSPS) is 14.8. The highest BCUT2D eigenvalue weighted by molar-refractivity contribution is 8.03. The zero-order valence-corrected chi connectivity index (χ0v) is 19.7. The standard InChI is InChI=1S/C21H29N7OS2/c1-26(2)14-12-20-27(15-16-31-20)13-8-4-3-5-11-19(29)22-17-9-6-7-10-18(17)28-21(30)23-24-25-28/h6-7,9-10,12,14H,3-5,8,11,13,15-16H2,1-2H3,(H-,22,23,25,29,30)/p+1. The van der Waals surface area contributed by atoms with Crippen LogP contribution in [0.5, 0.6) is 0 Å². The molecular formula is C21H30N7OS2+. The van der Waals surface area contributed by atoms with Gasteiger partial charge in [0.1, 0.15) is 14.1 Å². The minimum atomic E-state index is 0.00632. The minimum absolute atomic E-state index is 0.00632. The van der Waals surface area contributed by atoms with Gasteiger partial charge in [-0.15, -0.1) is 11.8 Å². The number of carbonyl (C=O) groups is 1. The van der Waals surface area contributed by atoms with Crippen molar-refractivity contribution in [3.05, 3.63) is 40.1 Å². The Kier molecular flexibility index (Phi) is 8.84. The van der Waals surface area contributed by atoms with E-state index in [1.165, 1.54) is 5.03 Å². The van der Waals surface area contributed by atoms with Crippen LogP contribution in [0, 0.1) is 4.77 Å². The van der Waals surface area contributed by atoms with Gasteiger partial charge in [0.2, 0.25) is 10.7 Å². The molecule has 0 saturated carbocycles. The molecule has 3 rings (SSSR count). The summed E-state index contributed by atoms with van der Waals surface area (Å²) in [7, 11) is 4.08. The zero-order chi connectivity index (χ0) is 22.1. The number of nitrogens with one attached hydrogen (secondary N) is 2. The number of hydrogen-bond acceptors (Lipinski definition) is 6. The number of carbonyl (C=O) groups excluding carboxylic acids is 1. The van der Waals surface area contributed by atoms with Gasteiger partial charge in [0.05, 0.1) is 16.4 Å². The summed E-state index contributed by atoms with van der Waals surface area (Å²) in [4.78, 5) is 14.9. The van der Waals surface area contributed by atoms with Crippen molar-refractivity contribution in [3.63, 3.8) is 0 Å². The molecule has 0 radical (unpaired) electrons. The first kappa shape index (κ1) is 23.2. The van der Waals surface area contributed by atoms with Crippen LogP contribution in [0.2, 0.25) is 0 Å². The third kappa shape index (κ3) is 7.03. The summed E-state index contributed by atoms with van der Waals surface area (Å²) in [6, 6.07) is 7.47. The van der Waals surface area contributed by atoms with E-state index in [4.69, 9.17) is 12.2 Å². The lowest BCUT2D eigenvalue weighted by atomic mass is 10.1. The van der Waals surface area contributed by atoms with Gasteiger partial charge in [0.15, 0.2) is 6.21 Å². The molecule has 1 fully saturated rings. The number of para-hydroxylation sites is 2. The van der Waals surface area contributed by atoms with E-state index < -0.39 is 0 Å². The first-order valence-electron chi connectivity index (χ1n) is 10.5. The molecule has 1 aliphatic rings. The number of hydrogen-bond donors (Lipinski definition) is 2. The molecule has 0 spiro atoms. The molecule has 0 aliphatic carbocycles. The molecule has 1 saturated heterocycles. The van der Waals surface area contributed by atoms with Crippen molar-refractivity contribution >= 4 is 41.8 Å². The average molecular weight is 461 g/mol. The summed E-state index contributed by atoms with van der Waals surface area (Å²) in [6.07, 6.45) is 9.02. The highest BCUT2D eigenvalue weighted by atomic mass is 32.2. The smallest absolute Gasteiger partial charge is 0.242 e. The lowest BCUT2D eigenvalue weighted by Crippen LogP contribution is -2.20. The van der Waals surface area contributed by atoms with E-state index in [9.17, 15) is 4.79 Å². The second kappa shape index (κ2) is 11.8. The van der Waals surface area contributed by atoms with Gasteiger partial charge in [-0.05, 0) is 37.2 Å². The van der Waals surface area contributed by atoms with Crippen molar-refractivity contribution < 1.29 is 9.37 Å². The van der Waals surface area contributed by atoms with Crippen molar-refractivity contribution in [3.8, 4) is 5.69 Å². The molecule has 1 aromatic carbocycles. The molecule has 1 aliphatic heterocycles. The molecule has 8 nitrogen and oxygen atoms in total. The Labute approximate surface area is 192 Å². The van der Waals surface area contributed by atoms with Crippen LogP contribution in [-0.2, 0) is 4.79 Å². The number of anilines is 1. The Morgan fingerprint density at radius 2 is 2.10 bits per heavy atom. The predicted octanol–water partition coefficient (Wildman–Crippen LogP) is 3.45. The molecule has 1 aromatic heterocycles. The maximum atomic E-state index is 12.4. The molecule has 2 N–H and O–H groups in total. The first-order chi connectivity index (χ1) is 15.0. The fourth-order valence-electron chi connectivity index (χ4n) is 3.33. The zero-order valence-electron chi connectivity index (χ0n) is 18.1. The Hall–Kier alpha value is -2.46. The molecule has 166 valence electrons. The maximum absolute atomic E-state index is 12.4. The molecule has 0 unspecified atom stereocenters. The number of rotatable bonds is 10. The van der Waals surface area contributed by atoms with Gasteiger partial charge in [-0.2, -0.15) is 5.21 Å². The van der Waals surface area contributed by atoms with E-state index >= 15 is 0 Å². The van der Waals surface area contributed by atoms with Crippen LogP contribution in [0.25, 0.3) is 5.69 Å². The molecular weight excluding hydrogens is 430 g/mol. The third-order valence-electron chi connectivity index (χ3n) is 4.91. The number of unbranched alkanes of at least 4 members (excludes halogenated alkanes) is 3. The van der Waals surface area contributed by atoms with Gasteiger partial charge in [-0.1, -0.05) is 35.3 Å². The van der Waals surface area contributed by atoms with Crippen molar-refractivity contribution in [2.75, 3.05) is 38.3 Å². The first-order valence-corrected chi connectivity index (χ1v) is 11.9. The molecule has 1 amide bonds. The van der Waals surface area contributed by atoms with Crippen LogP contribution >= 0.6 is 24.0 Å². The quantitative estimate of drug-likeness (QED) is 0.245. The van der Waals surface area contributed by atoms with E-state index in [2.05, 4.69) is 42.6 Å². The number of amides is 1. The monoisotopic (exact) mass is 460 g/mol. The average Bonchev–Trinajstić information content (AvgIpc) is 3.38. The second-order valence-corrected chi connectivity index (χ2v) is 9.08. The number of nitrogens with zero attached hydrogens (tertiary/aromatic N) is 5. The number of aromatic amines is 1. The van der Waals surface area contributed by atoms with E-state index in [-0.39, 0.29) is 5.91 Å². The fraction of sp³-hybridized carbons (Fsp3) is 0.476. The highest BCUT2D eigenvalue weighted by Crippen LogP contribution is 2.27. The van der Waals surface area contributed by atoms with E-state index in [1.807, 2.05) is 50.1 Å². The van der Waals surface area contributed by atoms with Crippen molar-refractivity contribution in [1.82, 2.24) is 25.1 Å². The summed E-state index contributed by atoms with van der Waals surface area (Å²) in [5, 5.41) is 14.6. The molecule has 2 heterocycles. The van der Waals surface area contributed by atoms with Crippen molar-refractivity contribution in [2.45, 2.75) is 32.1 Å².